The van der Waals surface area contributed by atoms with Gasteiger partial charge < -0.3 is 4.74 Å². The van der Waals surface area contributed by atoms with Gasteiger partial charge in [0.25, 0.3) is 0 Å². The molecule has 2 aromatic rings. The lowest BCUT2D eigenvalue weighted by Crippen LogP contribution is -2.03. The molecule has 1 aromatic carbocycles. The molecule has 0 radical (unpaired) electrons. The van der Waals surface area contributed by atoms with E-state index in [0.29, 0.717) is 28.4 Å². The van der Waals surface area contributed by atoms with Crippen LogP contribution in [-0.4, -0.2) is 18.1 Å². The van der Waals surface area contributed by atoms with Gasteiger partial charge in [-0.05, 0) is 37.1 Å². The quantitative estimate of drug-likeness (QED) is 0.805. The van der Waals surface area contributed by atoms with E-state index in [1.165, 1.54) is 7.11 Å². The molecule has 0 atom stereocenters. The average Bonchev–Trinajstić information content (AvgIpc) is 2.39. The minimum Gasteiger partial charge on any atom is -0.469 e. The highest BCUT2D eigenvalue weighted by Gasteiger charge is 2.12. The van der Waals surface area contributed by atoms with Crippen LogP contribution in [-0.2, 0) is 16.0 Å². The van der Waals surface area contributed by atoms with Gasteiger partial charge in [0.1, 0.15) is 0 Å². The van der Waals surface area contributed by atoms with E-state index in [2.05, 4.69) is 9.72 Å². The number of methoxy groups -OCH3 is 1. The molecule has 2 rings (SSSR count). The second kappa shape index (κ2) is 5.76. The van der Waals surface area contributed by atoms with Crippen molar-refractivity contribution in [1.29, 1.82) is 0 Å². The van der Waals surface area contributed by atoms with Gasteiger partial charge >= 0.3 is 5.97 Å². The summed E-state index contributed by atoms with van der Waals surface area (Å²) in [5, 5.41) is 1.96. The van der Waals surface area contributed by atoms with Gasteiger partial charge in [-0.2, -0.15) is 0 Å². The molecule has 5 heteroatoms. The van der Waals surface area contributed by atoms with Crippen LogP contribution in [0.25, 0.3) is 10.9 Å². The number of carbonyl (C=O) groups is 1. The molecule has 1 heterocycles. The van der Waals surface area contributed by atoms with E-state index in [4.69, 9.17) is 23.2 Å². The zero-order chi connectivity index (χ0) is 14.0. The number of aryl methyl sites for hydroxylation is 2. The fourth-order valence-electron chi connectivity index (χ4n) is 2.02. The van der Waals surface area contributed by atoms with Crippen LogP contribution in [0.4, 0.5) is 0 Å². The second-order valence-electron chi connectivity index (χ2n) is 4.25. The van der Waals surface area contributed by atoms with Crippen molar-refractivity contribution >= 4 is 40.1 Å². The Balaban J connectivity index is 2.53. The summed E-state index contributed by atoms with van der Waals surface area (Å²) < 4.78 is 4.65. The number of nitrogens with zero attached hydrogens (tertiary/aromatic N) is 1. The van der Waals surface area contributed by atoms with Crippen molar-refractivity contribution < 1.29 is 9.53 Å². The van der Waals surface area contributed by atoms with Crippen molar-refractivity contribution in [3.8, 4) is 0 Å². The van der Waals surface area contributed by atoms with Crippen LogP contribution in [0.2, 0.25) is 10.0 Å². The number of rotatable bonds is 3. The summed E-state index contributed by atoms with van der Waals surface area (Å²) in [5.41, 5.74) is 2.48. The second-order valence-corrected chi connectivity index (χ2v) is 5.07. The topological polar surface area (TPSA) is 39.2 Å². The van der Waals surface area contributed by atoms with Crippen LogP contribution in [0.5, 0.6) is 0 Å². The third-order valence-electron chi connectivity index (χ3n) is 2.90. The standard InChI is InChI=1S/C14H13Cl2NO2/c1-8-7-9(3-6-12(18)19-2)13-10(15)4-5-11(16)14(13)17-8/h4-5,7H,3,6H2,1-2H3. The fraction of sp³-hybridized carbons (Fsp3) is 0.286. The minimum atomic E-state index is -0.249. The number of carbonyl (C=O) groups excluding carboxylic acids is 1. The molecule has 19 heavy (non-hydrogen) atoms. The Morgan fingerprint density at radius 3 is 2.68 bits per heavy atom. The molecule has 0 saturated heterocycles. The molecule has 0 saturated carbocycles. The number of ether oxygens (including phenoxy) is 1. The Morgan fingerprint density at radius 1 is 1.32 bits per heavy atom. The maximum Gasteiger partial charge on any atom is 0.305 e. The van der Waals surface area contributed by atoms with E-state index in [9.17, 15) is 4.79 Å². The lowest BCUT2D eigenvalue weighted by molar-refractivity contribution is -0.140. The number of pyridine rings is 1. The molecule has 100 valence electrons. The molecule has 3 nitrogen and oxygen atoms in total. The SMILES string of the molecule is COC(=O)CCc1cc(C)nc2c(Cl)ccc(Cl)c12. The summed E-state index contributed by atoms with van der Waals surface area (Å²) in [6.45, 7) is 1.89. The van der Waals surface area contributed by atoms with Crippen LogP contribution in [0, 0.1) is 6.92 Å². The van der Waals surface area contributed by atoms with Crippen molar-refractivity contribution in [1.82, 2.24) is 4.98 Å². The minimum absolute atomic E-state index is 0.249. The Morgan fingerprint density at radius 2 is 2.00 bits per heavy atom. The zero-order valence-electron chi connectivity index (χ0n) is 10.7. The van der Waals surface area contributed by atoms with Gasteiger partial charge in [-0.25, -0.2) is 0 Å². The monoisotopic (exact) mass is 297 g/mol. The van der Waals surface area contributed by atoms with Gasteiger partial charge in [0.05, 0.1) is 22.7 Å². The first-order valence-corrected chi connectivity index (χ1v) is 6.59. The lowest BCUT2D eigenvalue weighted by Gasteiger charge is -2.10. The molecule has 0 fully saturated rings. The summed E-state index contributed by atoms with van der Waals surface area (Å²) in [7, 11) is 1.38. The van der Waals surface area contributed by atoms with Crippen LogP contribution in [0.1, 0.15) is 17.7 Å². The number of hydrogen-bond acceptors (Lipinski definition) is 3. The van der Waals surface area contributed by atoms with Crippen molar-refractivity contribution in [3.05, 3.63) is 39.5 Å². The average molecular weight is 298 g/mol. The number of halogens is 2. The maximum atomic E-state index is 11.3. The van der Waals surface area contributed by atoms with Crippen LogP contribution in [0.15, 0.2) is 18.2 Å². The number of fused-ring (bicyclic) bond motifs is 1. The molecule has 0 spiro atoms. The van der Waals surface area contributed by atoms with Crippen molar-refractivity contribution in [2.24, 2.45) is 0 Å². The van der Waals surface area contributed by atoms with E-state index < -0.39 is 0 Å². The third-order valence-corrected chi connectivity index (χ3v) is 3.52. The first kappa shape index (κ1) is 14.1. The maximum absolute atomic E-state index is 11.3. The largest absolute Gasteiger partial charge is 0.469 e. The van der Waals surface area contributed by atoms with Gasteiger partial charge in [0.15, 0.2) is 0 Å². The summed E-state index contributed by atoms with van der Waals surface area (Å²) in [6.07, 6.45) is 0.852. The number of benzene rings is 1. The first-order chi connectivity index (χ1) is 9.02. The number of hydrogen-bond donors (Lipinski definition) is 0. The normalized spacial score (nSPS) is 10.7. The van der Waals surface area contributed by atoms with Gasteiger partial charge in [0.2, 0.25) is 0 Å². The highest BCUT2D eigenvalue weighted by atomic mass is 35.5. The molecular weight excluding hydrogens is 285 g/mol. The van der Waals surface area contributed by atoms with Crippen molar-refractivity contribution in [3.63, 3.8) is 0 Å². The van der Waals surface area contributed by atoms with Gasteiger partial charge in [0, 0.05) is 17.5 Å². The van der Waals surface area contributed by atoms with E-state index in [1.807, 2.05) is 13.0 Å². The predicted molar refractivity (Wildman–Crippen MR) is 76.8 cm³/mol. The van der Waals surface area contributed by atoms with E-state index >= 15 is 0 Å². The molecular formula is C14H13Cl2NO2. The highest BCUT2D eigenvalue weighted by Crippen LogP contribution is 2.32. The van der Waals surface area contributed by atoms with Gasteiger partial charge in [-0.15, -0.1) is 0 Å². The number of aromatic nitrogens is 1. The van der Waals surface area contributed by atoms with Gasteiger partial charge in [-0.1, -0.05) is 23.2 Å². The summed E-state index contributed by atoms with van der Waals surface area (Å²) >= 11 is 12.4. The third kappa shape index (κ3) is 2.99. The Kier molecular flexibility index (Phi) is 4.27. The van der Waals surface area contributed by atoms with Crippen LogP contribution < -0.4 is 0 Å². The molecule has 1 aromatic heterocycles. The van der Waals surface area contributed by atoms with E-state index in [-0.39, 0.29) is 5.97 Å². The molecule has 0 bridgehead atoms. The van der Waals surface area contributed by atoms with Crippen LogP contribution in [0.3, 0.4) is 0 Å². The Bertz CT molecular complexity index is 641. The first-order valence-electron chi connectivity index (χ1n) is 5.84. The molecule has 0 aliphatic carbocycles. The lowest BCUT2D eigenvalue weighted by atomic mass is 10.0. The summed E-state index contributed by atoms with van der Waals surface area (Å²) in [6, 6.07) is 5.39. The summed E-state index contributed by atoms with van der Waals surface area (Å²) in [5.74, 6) is -0.249. The van der Waals surface area contributed by atoms with E-state index in [0.717, 1.165) is 16.6 Å². The number of esters is 1. The Hall–Kier alpha value is -1.32. The molecule has 0 amide bonds. The van der Waals surface area contributed by atoms with E-state index in [1.54, 1.807) is 12.1 Å². The Labute approximate surface area is 121 Å². The highest BCUT2D eigenvalue weighted by molar-refractivity contribution is 6.40. The van der Waals surface area contributed by atoms with Crippen molar-refractivity contribution in [2.75, 3.05) is 7.11 Å². The molecule has 0 unspecified atom stereocenters. The zero-order valence-corrected chi connectivity index (χ0v) is 12.2. The smallest absolute Gasteiger partial charge is 0.305 e. The van der Waals surface area contributed by atoms with Gasteiger partial charge in [-0.3, -0.25) is 9.78 Å². The predicted octanol–water partition coefficient (Wildman–Crippen LogP) is 3.96. The van der Waals surface area contributed by atoms with Crippen LogP contribution >= 0.6 is 23.2 Å². The molecule has 0 aliphatic rings. The summed E-state index contributed by atoms with van der Waals surface area (Å²) in [4.78, 5) is 15.7. The van der Waals surface area contributed by atoms with Crippen molar-refractivity contribution in [2.45, 2.75) is 19.8 Å². The fourth-order valence-corrected chi connectivity index (χ4v) is 2.50. The molecule has 0 aliphatic heterocycles. The molecule has 0 N–H and O–H groups in total.